The van der Waals surface area contributed by atoms with Crippen molar-refractivity contribution in [2.75, 3.05) is 19.0 Å². The maximum absolute atomic E-state index is 5.81. The second-order valence-electron chi connectivity index (χ2n) is 4.19. The van der Waals surface area contributed by atoms with Gasteiger partial charge < -0.3 is 0 Å². The summed E-state index contributed by atoms with van der Waals surface area (Å²) in [6, 6.07) is 8.80. The van der Waals surface area contributed by atoms with E-state index in [1.165, 1.54) is 36.9 Å². The Morgan fingerprint density at radius 1 is 1.13 bits per heavy atom. The molecular formula is C13H18ClN. The van der Waals surface area contributed by atoms with Crippen molar-refractivity contribution in [3.8, 4) is 0 Å². The molecule has 0 aliphatic carbocycles. The van der Waals surface area contributed by atoms with Crippen LogP contribution in [0.2, 0.25) is 0 Å². The number of hydrogen-bond donors (Lipinski definition) is 0. The first kappa shape index (κ1) is 11.0. The van der Waals surface area contributed by atoms with E-state index in [0.717, 1.165) is 19.0 Å². The van der Waals surface area contributed by atoms with Crippen LogP contribution in [0.3, 0.4) is 0 Å². The van der Waals surface area contributed by atoms with Gasteiger partial charge in [0.25, 0.3) is 0 Å². The van der Waals surface area contributed by atoms with E-state index in [1.807, 2.05) is 0 Å². The highest BCUT2D eigenvalue weighted by molar-refractivity contribution is 6.18. The molecule has 0 fully saturated rings. The summed E-state index contributed by atoms with van der Waals surface area (Å²) in [4.78, 5) is 2.46. The van der Waals surface area contributed by atoms with Crippen LogP contribution in [0.5, 0.6) is 0 Å². The molecule has 1 nitrogen and oxygen atoms in total. The lowest BCUT2D eigenvalue weighted by Crippen LogP contribution is -2.28. The van der Waals surface area contributed by atoms with Crippen molar-refractivity contribution >= 4 is 11.6 Å². The molecule has 2 rings (SSSR count). The van der Waals surface area contributed by atoms with E-state index in [-0.39, 0.29) is 0 Å². The van der Waals surface area contributed by atoms with Crippen LogP contribution in [0, 0.1) is 0 Å². The molecule has 1 aromatic carbocycles. The van der Waals surface area contributed by atoms with E-state index in [0.29, 0.717) is 0 Å². The third-order valence-corrected chi connectivity index (χ3v) is 3.25. The number of aryl methyl sites for hydroxylation is 1. The van der Waals surface area contributed by atoms with Gasteiger partial charge in [-0.25, -0.2) is 0 Å². The van der Waals surface area contributed by atoms with Crippen LogP contribution in [0.4, 0.5) is 0 Å². The van der Waals surface area contributed by atoms with Gasteiger partial charge in [-0.2, -0.15) is 0 Å². The Labute approximate surface area is 97.0 Å². The molecule has 15 heavy (non-hydrogen) atoms. The number of benzene rings is 1. The maximum Gasteiger partial charge on any atom is 0.0351 e. The average Bonchev–Trinajstić information content (AvgIpc) is 2.22. The lowest BCUT2D eigenvalue weighted by molar-refractivity contribution is 0.269. The third kappa shape index (κ3) is 2.96. The number of nitrogens with zero attached hydrogens (tertiary/aromatic N) is 1. The quantitative estimate of drug-likeness (QED) is 0.697. The molecule has 0 aromatic heterocycles. The van der Waals surface area contributed by atoms with Crippen LogP contribution in [-0.4, -0.2) is 23.9 Å². The van der Waals surface area contributed by atoms with E-state index in [9.17, 15) is 0 Å². The largest absolute Gasteiger partial charge is 0.298 e. The highest BCUT2D eigenvalue weighted by Crippen LogP contribution is 2.17. The first-order chi connectivity index (χ1) is 7.40. The van der Waals surface area contributed by atoms with Crippen molar-refractivity contribution in [1.29, 1.82) is 0 Å². The molecule has 0 spiro atoms. The molecule has 1 heterocycles. The zero-order chi connectivity index (χ0) is 10.5. The summed E-state index contributed by atoms with van der Waals surface area (Å²) in [5.74, 6) is 0.738. The third-order valence-electron chi connectivity index (χ3n) is 3.08. The Morgan fingerprint density at radius 2 is 1.93 bits per heavy atom. The van der Waals surface area contributed by atoms with E-state index < -0.39 is 0 Å². The molecule has 0 saturated carbocycles. The molecule has 0 N–H and O–H groups in total. The van der Waals surface area contributed by atoms with Gasteiger partial charge in [-0.05, 0) is 36.9 Å². The van der Waals surface area contributed by atoms with Crippen molar-refractivity contribution in [3.05, 3.63) is 35.4 Å². The molecule has 1 aromatic rings. The van der Waals surface area contributed by atoms with Gasteiger partial charge >= 0.3 is 0 Å². The number of alkyl halides is 1. The summed E-state index contributed by atoms with van der Waals surface area (Å²) < 4.78 is 0. The van der Waals surface area contributed by atoms with E-state index in [2.05, 4.69) is 29.2 Å². The van der Waals surface area contributed by atoms with Gasteiger partial charge in [0.2, 0.25) is 0 Å². The highest BCUT2D eigenvalue weighted by atomic mass is 35.5. The maximum atomic E-state index is 5.81. The zero-order valence-electron chi connectivity index (χ0n) is 9.08. The van der Waals surface area contributed by atoms with Crippen molar-refractivity contribution in [2.45, 2.75) is 25.8 Å². The van der Waals surface area contributed by atoms with E-state index in [4.69, 9.17) is 11.6 Å². The predicted octanol–water partition coefficient (Wildman–Crippen LogP) is 3.06. The summed E-state index contributed by atoms with van der Waals surface area (Å²) in [6.45, 7) is 3.28. The minimum absolute atomic E-state index is 0.738. The summed E-state index contributed by atoms with van der Waals surface area (Å²) in [6.07, 6.45) is 3.84. The SMILES string of the molecule is ClCCN1CCCCc2ccccc2C1. The number of rotatable bonds is 2. The molecule has 0 saturated heterocycles. The monoisotopic (exact) mass is 223 g/mol. The highest BCUT2D eigenvalue weighted by Gasteiger charge is 2.11. The summed E-state index contributed by atoms with van der Waals surface area (Å²) >= 11 is 5.81. The molecule has 0 unspecified atom stereocenters. The molecule has 1 aliphatic rings. The lowest BCUT2D eigenvalue weighted by atomic mass is 9.99. The Bertz CT molecular complexity index is 311. The molecule has 0 amide bonds. The topological polar surface area (TPSA) is 3.24 Å². The second kappa shape index (κ2) is 5.53. The molecule has 1 aliphatic heterocycles. The fourth-order valence-electron chi connectivity index (χ4n) is 2.24. The fourth-order valence-corrected chi connectivity index (χ4v) is 2.48. The Kier molecular flexibility index (Phi) is 4.04. The number of hydrogen-bond acceptors (Lipinski definition) is 1. The van der Waals surface area contributed by atoms with Crippen molar-refractivity contribution in [2.24, 2.45) is 0 Å². The Hall–Kier alpha value is -0.530. The Morgan fingerprint density at radius 3 is 2.73 bits per heavy atom. The molecule has 0 bridgehead atoms. The van der Waals surface area contributed by atoms with Gasteiger partial charge in [0.15, 0.2) is 0 Å². The predicted molar refractivity (Wildman–Crippen MR) is 65.4 cm³/mol. The number of halogens is 1. The first-order valence-electron chi connectivity index (χ1n) is 5.75. The molecular weight excluding hydrogens is 206 g/mol. The van der Waals surface area contributed by atoms with Crippen LogP contribution in [0.15, 0.2) is 24.3 Å². The summed E-state index contributed by atoms with van der Waals surface area (Å²) in [7, 11) is 0. The van der Waals surface area contributed by atoms with E-state index in [1.54, 1.807) is 0 Å². The fraction of sp³-hybridized carbons (Fsp3) is 0.538. The van der Waals surface area contributed by atoms with Gasteiger partial charge in [0.05, 0.1) is 0 Å². The van der Waals surface area contributed by atoms with Gasteiger partial charge in [0, 0.05) is 19.0 Å². The first-order valence-corrected chi connectivity index (χ1v) is 6.28. The van der Waals surface area contributed by atoms with Gasteiger partial charge in [-0.1, -0.05) is 24.3 Å². The second-order valence-corrected chi connectivity index (χ2v) is 4.57. The minimum atomic E-state index is 0.738. The summed E-state index contributed by atoms with van der Waals surface area (Å²) in [5, 5.41) is 0. The molecule has 0 atom stereocenters. The molecule has 0 radical (unpaired) electrons. The van der Waals surface area contributed by atoms with Crippen molar-refractivity contribution in [3.63, 3.8) is 0 Å². The van der Waals surface area contributed by atoms with Crippen LogP contribution in [-0.2, 0) is 13.0 Å². The van der Waals surface area contributed by atoms with Gasteiger partial charge in [-0.15, -0.1) is 11.6 Å². The molecule has 82 valence electrons. The van der Waals surface area contributed by atoms with Gasteiger partial charge in [-0.3, -0.25) is 4.90 Å². The van der Waals surface area contributed by atoms with Gasteiger partial charge in [0.1, 0.15) is 0 Å². The van der Waals surface area contributed by atoms with Crippen molar-refractivity contribution < 1.29 is 0 Å². The van der Waals surface area contributed by atoms with Crippen LogP contribution in [0.1, 0.15) is 24.0 Å². The van der Waals surface area contributed by atoms with Crippen LogP contribution in [0.25, 0.3) is 0 Å². The average molecular weight is 224 g/mol. The molecule has 2 heteroatoms. The lowest BCUT2D eigenvalue weighted by Gasteiger charge is -2.25. The van der Waals surface area contributed by atoms with Crippen LogP contribution < -0.4 is 0 Å². The van der Waals surface area contributed by atoms with Crippen LogP contribution >= 0.6 is 11.6 Å². The Balaban J connectivity index is 2.14. The van der Waals surface area contributed by atoms with E-state index >= 15 is 0 Å². The normalized spacial score (nSPS) is 17.9. The smallest absolute Gasteiger partial charge is 0.0351 e. The summed E-state index contributed by atoms with van der Waals surface area (Å²) in [5.41, 5.74) is 3.01. The standard InChI is InChI=1S/C13H18ClN/c14-8-10-15-9-4-3-6-12-5-1-2-7-13(12)11-15/h1-2,5,7H,3-4,6,8-11H2. The number of fused-ring (bicyclic) bond motifs is 1. The zero-order valence-corrected chi connectivity index (χ0v) is 9.84. The minimum Gasteiger partial charge on any atom is -0.298 e. The van der Waals surface area contributed by atoms with Crippen molar-refractivity contribution in [1.82, 2.24) is 4.90 Å².